The van der Waals surface area contributed by atoms with Gasteiger partial charge in [-0.25, -0.2) is 0 Å². The third kappa shape index (κ3) is 3.09. The Morgan fingerprint density at radius 1 is 1.53 bits per heavy atom. The van der Waals surface area contributed by atoms with E-state index < -0.39 is 0 Å². The molecule has 3 heteroatoms. The minimum Gasteiger partial charge on any atom is -0.312 e. The van der Waals surface area contributed by atoms with E-state index in [0.717, 1.165) is 12.6 Å². The van der Waals surface area contributed by atoms with Crippen LogP contribution in [0.5, 0.6) is 0 Å². The van der Waals surface area contributed by atoms with Gasteiger partial charge in [0.2, 0.25) is 0 Å². The molecule has 0 radical (unpaired) electrons. The monoisotopic (exact) mass is 252 g/mol. The van der Waals surface area contributed by atoms with E-state index in [2.05, 4.69) is 55.5 Å². The summed E-state index contributed by atoms with van der Waals surface area (Å²) in [7, 11) is 2.22. The van der Waals surface area contributed by atoms with Crippen molar-refractivity contribution in [3.8, 4) is 0 Å². The Hall–Kier alpha value is -0.380. The molecule has 1 aliphatic rings. The molecule has 1 fully saturated rings. The molecule has 17 heavy (non-hydrogen) atoms. The number of likely N-dealkylation sites (tertiary alicyclic amines) is 1. The van der Waals surface area contributed by atoms with Crippen LogP contribution in [0.4, 0.5) is 0 Å². The zero-order valence-corrected chi connectivity index (χ0v) is 12.2. The summed E-state index contributed by atoms with van der Waals surface area (Å²) in [5.41, 5.74) is 0.249. The smallest absolute Gasteiger partial charge is 0.0210 e. The van der Waals surface area contributed by atoms with Gasteiger partial charge in [-0.3, -0.25) is 0 Å². The minimum atomic E-state index is 0.249. The third-order valence-electron chi connectivity index (χ3n) is 3.91. The van der Waals surface area contributed by atoms with Crippen LogP contribution in [0.15, 0.2) is 17.5 Å². The molecule has 1 aromatic rings. The number of nitrogens with one attached hydrogen (secondary N) is 1. The van der Waals surface area contributed by atoms with E-state index in [9.17, 15) is 0 Å². The van der Waals surface area contributed by atoms with Crippen LogP contribution in [0.2, 0.25) is 0 Å². The lowest BCUT2D eigenvalue weighted by atomic mass is 9.91. The SMILES string of the molecule is CC1CC(NCC(C)(C)c2cccs2)CN1C. The van der Waals surface area contributed by atoms with Gasteiger partial charge in [0.25, 0.3) is 0 Å². The van der Waals surface area contributed by atoms with Crippen molar-refractivity contribution in [2.75, 3.05) is 20.1 Å². The molecule has 0 spiro atoms. The summed E-state index contributed by atoms with van der Waals surface area (Å²) in [6.45, 7) is 9.22. The number of likely N-dealkylation sites (N-methyl/N-ethyl adjacent to an activating group) is 1. The molecule has 1 N–H and O–H groups in total. The van der Waals surface area contributed by atoms with Gasteiger partial charge in [0.1, 0.15) is 0 Å². The number of rotatable bonds is 4. The average molecular weight is 252 g/mol. The summed E-state index contributed by atoms with van der Waals surface area (Å²) in [6.07, 6.45) is 1.27. The van der Waals surface area contributed by atoms with Crippen LogP contribution in [-0.2, 0) is 5.41 Å². The van der Waals surface area contributed by atoms with Crippen molar-refractivity contribution < 1.29 is 0 Å². The maximum atomic E-state index is 3.74. The van der Waals surface area contributed by atoms with Crippen molar-refractivity contribution in [3.63, 3.8) is 0 Å². The molecule has 1 aliphatic heterocycles. The minimum absolute atomic E-state index is 0.249. The van der Waals surface area contributed by atoms with Gasteiger partial charge in [-0.1, -0.05) is 19.9 Å². The van der Waals surface area contributed by atoms with Crippen molar-refractivity contribution in [2.24, 2.45) is 0 Å². The quantitative estimate of drug-likeness (QED) is 0.886. The van der Waals surface area contributed by atoms with Crippen LogP contribution >= 0.6 is 11.3 Å². The van der Waals surface area contributed by atoms with E-state index in [4.69, 9.17) is 0 Å². The molecule has 2 atom stereocenters. The average Bonchev–Trinajstić information content (AvgIpc) is 2.87. The Labute approximate surface area is 109 Å². The van der Waals surface area contributed by atoms with E-state index in [1.165, 1.54) is 17.8 Å². The Kier molecular flexibility index (Phi) is 3.91. The molecule has 0 bridgehead atoms. The normalized spacial score (nSPS) is 26.6. The van der Waals surface area contributed by atoms with Gasteiger partial charge in [-0.15, -0.1) is 11.3 Å². The van der Waals surface area contributed by atoms with Gasteiger partial charge in [0, 0.05) is 35.5 Å². The van der Waals surface area contributed by atoms with Crippen molar-refractivity contribution in [3.05, 3.63) is 22.4 Å². The van der Waals surface area contributed by atoms with E-state index in [1.54, 1.807) is 0 Å². The molecule has 1 saturated heterocycles. The molecule has 0 saturated carbocycles. The molecule has 2 unspecified atom stereocenters. The molecule has 2 rings (SSSR count). The van der Waals surface area contributed by atoms with Crippen LogP contribution in [0.1, 0.15) is 32.1 Å². The second kappa shape index (κ2) is 5.09. The maximum Gasteiger partial charge on any atom is 0.0210 e. The van der Waals surface area contributed by atoms with E-state index in [-0.39, 0.29) is 5.41 Å². The number of hydrogen-bond donors (Lipinski definition) is 1. The van der Waals surface area contributed by atoms with Crippen molar-refractivity contribution in [1.82, 2.24) is 10.2 Å². The topological polar surface area (TPSA) is 15.3 Å². The Morgan fingerprint density at radius 3 is 2.82 bits per heavy atom. The first-order valence-corrected chi connectivity index (χ1v) is 7.34. The maximum absolute atomic E-state index is 3.74. The zero-order chi connectivity index (χ0) is 12.5. The van der Waals surface area contributed by atoms with Gasteiger partial charge >= 0.3 is 0 Å². The second-order valence-corrected chi connectivity index (χ2v) is 6.91. The van der Waals surface area contributed by atoms with Gasteiger partial charge < -0.3 is 10.2 Å². The van der Waals surface area contributed by atoms with E-state index in [1.807, 2.05) is 11.3 Å². The lowest BCUT2D eigenvalue weighted by Crippen LogP contribution is -2.40. The fraction of sp³-hybridized carbons (Fsp3) is 0.714. The fourth-order valence-corrected chi connectivity index (χ4v) is 3.34. The molecule has 1 aromatic heterocycles. The van der Waals surface area contributed by atoms with E-state index >= 15 is 0 Å². The highest BCUT2D eigenvalue weighted by Gasteiger charge is 2.28. The van der Waals surface area contributed by atoms with Gasteiger partial charge in [0.05, 0.1) is 0 Å². The molecular weight excluding hydrogens is 228 g/mol. The Morgan fingerprint density at radius 2 is 2.29 bits per heavy atom. The van der Waals surface area contributed by atoms with Gasteiger partial charge in [-0.05, 0) is 31.8 Å². The molecule has 2 heterocycles. The molecule has 96 valence electrons. The number of nitrogens with zero attached hydrogens (tertiary/aromatic N) is 1. The third-order valence-corrected chi connectivity index (χ3v) is 5.14. The largest absolute Gasteiger partial charge is 0.312 e. The first-order chi connectivity index (χ1) is 7.99. The van der Waals surface area contributed by atoms with E-state index in [0.29, 0.717) is 6.04 Å². The van der Waals surface area contributed by atoms with Gasteiger partial charge in [0.15, 0.2) is 0 Å². The van der Waals surface area contributed by atoms with Crippen LogP contribution < -0.4 is 5.32 Å². The lowest BCUT2D eigenvalue weighted by Gasteiger charge is -2.26. The fourth-order valence-electron chi connectivity index (χ4n) is 2.49. The van der Waals surface area contributed by atoms with Crippen molar-refractivity contribution in [2.45, 2.75) is 44.7 Å². The van der Waals surface area contributed by atoms with Gasteiger partial charge in [-0.2, -0.15) is 0 Å². The number of thiophene rings is 1. The zero-order valence-electron chi connectivity index (χ0n) is 11.4. The predicted molar refractivity (Wildman–Crippen MR) is 75.8 cm³/mol. The molecular formula is C14H24N2S. The molecule has 0 aromatic carbocycles. The summed E-state index contributed by atoms with van der Waals surface area (Å²) >= 11 is 1.86. The lowest BCUT2D eigenvalue weighted by molar-refractivity contribution is 0.325. The van der Waals surface area contributed by atoms with Crippen LogP contribution in [-0.4, -0.2) is 37.1 Å². The van der Waals surface area contributed by atoms with Crippen molar-refractivity contribution in [1.29, 1.82) is 0 Å². The van der Waals surface area contributed by atoms with Crippen LogP contribution in [0.3, 0.4) is 0 Å². The Bertz CT molecular complexity index is 335. The highest BCUT2D eigenvalue weighted by molar-refractivity contribution is 7.10. The summed E-state index contributed by atoms with van der Waals surface area (Å²) < 4.78 is 0. The summed E-state index contributed by atoms with van der Waals surface area (Å²) in [4.78, 5) is 3.92. The molecule has 0 aliphatic carbocycles. The van der Waals surface area contributed by atoms with Crippen molar-refractivity contribution >= 4 is 11.3 Å². The standard InChI is InChI=1S/C14H24N2S/c1-11-8-12(9-16(11)4)15-10-14(2,3)13-6-5-7-17-13/h5-7,11-12,15H,8-10H2,1-4H3. The summed E-state index contributed by atoms with van der Waals surface area (Å²) in [5, 5.41) is 5.91. The first kappa shape index (κ1) is 13.1. The molecule has 0 amide bonds. The second-order valence-electron chi connectivity index (χ2n) is 5.96. The highest BCUT2D eigenvalue weighted by atomic mass is 32.1. The first-order valence-electron chi connectivity index (χ1n) is 6.46. The predicted octanol–water partition coefficient (Wildman–Crippen LogP) is 2.71. The Balaban J connectivity index is 1.86. The summed E-state index contributed by atoms with van der Waals surface area (Å²) in [5.74, 6) is 0. The summed E-state index contributed by atoms with van der Waals surface area (Å²) in [6, 6.07) is 5.77. The number of hydrogen-bond acceptors (Lipinski definition) is 3. The van der Waals surface area contributed by atoms with Crippen LogP contribution in [0, 0.1) is 0 Å². The highest BCUT2D eigenvalue weighted by Crippen LogP contribution is 2.27. The van der Waals surface area contributed by atoms with Crippen LogP contribution in [0.25, 0.3) is 0 Å². The molecule has 2 nitrogen and oxygen atoms in total.